The number of aliphatic hydroxyl groups is 1. The van der Waals surface area contributed by atoms with Crippen LogP contribution in [-0.4, -0.2) is 16.2 Å². The van der Waals surface area contributed by atoms with Gasteiger partial charge in [-0.3, -0.25) is 4.79 Å². The average molecular weight is 334 g/mol. The smallest absolute Gasteiger partial charge is 0.223 e. The lowest BCUT2D eigenvalue weighted by atomic mass is 9.99. The molecular weight excluding hydrogens is 311 g/mol. The molecule has 6 heteroatoms. The Morgan fingerprint density at radius 3 is 2.75 bits per heavy atom. The summed E-state index contributed by atoms with van der Waals surface area (Å²) in [4.78, 5) is 11.9. The monoisotopic (exact) mass is 334 g/mol. The Kier molecular flexibility index (Phi) is 6.49. The SMILES string of the molecule is CCC(CC)c1cc(CNC(=O)CC(O)c2cccc(F)c2)on1. The zero-order valence-electron chi connectivity index (χ0n) is 14.0. The first kappa shape index (κ1) is 18.1. The van der Waals surface area contributed by atoms with Crippen LogP contribution in [0.3, 0.4) is 0 Å². The highest BCUT2D eigenvalue weighted by Gasteiger charge is 2.16. The van der Waals surface area contributed by atoms with Crippen LogP contribution in [0.1, 0.15) is 62.1 Å². The Hall–Kier alpha value is -2.21. The van der Waals surface area contributed by atoms with Gasteiger partial charge in [-0.1, -0.05) is 31.1 Å². The van der Waals surface area contributed by atoms with Crippen LogP contribution in [0.25, 0.3) is 0 Å². The van der Waals surface area contributed by atoms with Gasteiger partial charge in [-0.05, 0) is 30.5 Å². The third kappa shape index (κ3) is 4.89. The molecule has 0 fully saturated rings. The van der Waals surface area contributed by atoms with Crippen molar-refractivity contribution >= 4 is 5.91 Å². The molecule has 0 radical (unpaired) electrons. The number of hydrogen-bond acceptors (Lipinski definition) is 4. The van der Waals surface area contributed by atoms with Crippen molar-refractivity contribution in [2.45, 2.75) is 51.7 Å². The van der Waals surface area contributed by atoms with Crippen molar-refractivity contribution in [3.63, 3.8) is 0 Å². The molecule has 0 bridgehead atoms. The molecule has 130 valence electrons. The number of aromatic nitrogens is 1. The van der Waals surface area contributed by atoms with Gasteiger partial charge in [-0.15, -0.1) is 0 Å². The third-order valence-corrected chi connectivity index (χ3v) is 4.05. The summed E-state index contributed by atoms with van der Waals surface area (Å²) in [5, 5.41) is 16.7. The molecule has 2 N–H and O–H groups in total. The maximum Gasteiger partial charge on any atom is 0.223 e. The van der Waals surface area contributed by atoms with Crippen LogP contribution >= 0.6 is 0 Å². The maximum atomic E-state index is 13.1. The summed E-state index contributed by atoms with van der Waals surface area (Å²) in [6.45, 7) is 4.40. The van der Waals surface area contributed by atoms with Crippen molar-refractivity contribution in [3.8, 4) is 0 Å². The molecule has 0 saturated carbocycles. The predicted octanol–water partition coefficient (Wildman–Crippen LogP) is 3.46. The van der Waals surface area contributed by atoms with E-state index >= 15 is 0 Å². The number of nitrogens with zero attached hydrogens (tertiary/aromatic N) is 1. The van der Waals surface area contributed by atoms with Gasteiger partial charge in [0.05, 0.1) is 24.8 Å². The van der Waals surface area contributed by atoms with Crippen LogP contribution in [0.5, 0.6) is 0 Å². The molecule has 2 aromatic rings. The summed E-state index contributed by atoms with van der Waals surface area (Å²) in [7, 11) is 0. The number of aliphatic hydroxyl groups excluding tert-OH is 1. The Balaban J connectivity index is 1.85. The highest BCUT2D eigenvalue weighted by molar-refractivity contribution is 5.76. The van der Waals surface area contributed by atoms with Crippen LogP contribution in [0, 0.1) is 5.82 Å². The van der Waals surface area contributed by atoms with E-state index in [-0.39, 0.29) is 18.9 Å². The molecule has 1 amide bonds. The van der Waals surface area contributed by atoms with E-state index in [2.05, 4.69) is 24.3 Å². The van der Waals surface area contributed by atoms with Crippen molar-refractivity contribution in [2.24, 2.45) is 0 Å². The standard InChI is InChI=1S/C18H23FN2O3/c1-3-12(4-2)16-9-15(24-21-16)11-20-18(23)10-17(22)13-6-5-7-14(19)8-13/h5-9,12,17,22H,3-4,10-11H2,1-2H3,(H,20,23). The van der Waals surface area contributed by atoms with E-state index in [1.807, 2.05) is 6.07 Å². The first-order chi connectivity index (χ1) is 11.5. The summed E-state index contributed by atoms with van der Waals surface area (Å²) in [6.07, 6.45) is 0.774. The molecule has 0 aliphatic rings. The lowest BCUT2D eigenvalue weighted by molar-refractivity contribution is -0.123. The molecule has 1 heterocycles. The first-order valence-corrected chi connectivity index (χ1v) is 8.19. The first-order valence-electron chi connectivity index (χ1n) is 8.19. The lowest BCUT2D eigenvalue weighted by Crippen LogP contribution is -2.24. The molecular formula is C18H23FN2O3. The molecule has 1 aromatic heterocycles. The highest BCUT2D eigenvalue weighted by atomic mass is 19.1. The maximum absolute atomic E-state index is 13.1. The minimum Gasteiger partial charge on any atom is -0.388 e. The van der Waals surface area contributed by atoms with Crippen LogP contribution < -0.4 is 5.32 Å². The lowest BCUT2D eigenvalue weighted by Gasteiger charge is -2.10. The molecule has 2 rings (SSSR count). The number of halogens is 1. The fourth-order valence-corrected chi connectivity index (χ4v) is 2.58. The van der Waals surface area contributed by atoms with Crippen molar-refractivity contribution < 1.29 is 18.8 Å². The van der Waals surface area contributed by atoms with Crippen molar-refractivity contribution in [3.05, 3.63) is 53.2 Å². The highest BCUT2D eigenvalue weighted by Crippen LogP contribution is 2.22. The quantitative estimate of drug-likeness (QED) is 0.775. The zero-order chi connectivity index (χ0) is 17.5. The van der Waals surface area contributed by atoms with Gasteiger partial charge in [0, 0.05) is 12.0 Å². The zero-order valence-corrected chi connectivity index (χ0v) is 14.0. The summed E-state index contributed by atoms with van der Waals surface area (Å²) < 4.78 is 18.4. The minimum atomic E-state index is -1.05. The van der Waals surface area contributed by atoms with Gasteiger partial charge >= 0.3 is 0 Å². The summed E-state index contributed by atoms with van der Waals surface area (Å²) in [5.74, 6) is 0.147. The second kappa shape index (κ2) is 8.59. The van der Waals surface area contributed by atoms with Crippen molar-refractivity contribution in [1.82, 2.24) is 10.5 Å². The molecule has 0 aliphatic carbocycles. The van der Waals surface area contributed by atoms with Crippen LogP contribution in [0.2, 0.25) is 0 Å². The molecule has 1 aromatic carbocycles. The fraction of sp³-hybridized carbons (Fsp3) is 0.444. The van der Waals surface area contributed by atoms with E-state index in [0.29, 0.717) is 17.2 Å². The molecule has 0 saturated heterocycles. The normalized spacial score (nSPS) is 12.4. The number of hydrogen-bond donors (Lipinski definition) is 2. The summed E-state index contributed by atoms with van der Waals surface area (Å²) in [5.41, 5.74) is 1.27. The third-order valence-electron chi connectivity index (χ3n) is 4.05. The topological polar surface area (TPSA) is 75.4 Å². The molecule has 24 heavy (non-hydrogen) atoms. The largest absolute Gasteiger partial charge is 0.388 e. The van der Waals surface area contributed by atoms with E-state index in [1.165, 1.54) is 18.2 Å². The van der Waals surface area contributed by atoms with E-state index in [1.54, 1.807) is 6.07 Å². The molecule has 1 unspecified atom stereocenters. The predicted molar refractivity (Wildman–Crippen MR) is 87.6 cm³/mol. The Bertz CT molecular complexity index is 668. The Labute approximate surface area is 140 Å². The summed E-state index contributed by atoms with van der Waals surface area (Å²) >= 11 is 0. The Morgan fingerprint density at radius 2 is 2.08 bits per heavy atom. The van der Waals surface area contributed by atoms with E-state index < -0.39 is 11.9 Å². The summed E-state index contributed by atoms with van der Waals surface area (Å²) in [6, 6.07) is 7.44. The van der Waals surface area contributed by atoms with Crippen LogP contribution in [0.4, 0.5) is 4.39 Å². The molecule has 0 aliphatic heterocycles. The van der Waals surface area contributed by atoms with Crippen LogP contribution in [0.15, 0.2) is 34.9 Å². The fourth-order valence-electron chi connectivity index (χ4n) is 2.58. The van der Waals surface area contributed by atoms with Gasteiger partial charge in [0.15, 0.2) is 5.76 Å². The number of carbonyl (C=O) groups is 1. The van der Waals surface area contributed by atoms with E-state index in [0.717, 1.165) is 18.5 Å². The molecule has 5 nitrogen and oxygen atoms in total. The van der Waals surface area contributed by atoms with Crippen LogP contribution in [-0.2, 0) is 11.3 Å². The minimum absolute atomic E-state index is 0.142. The molecule has 0 spiro atoms. The van der Waals surface area contributed by atoms with Gasteiger partial charge in [0.1, 0.15) is 5.82 Å². The van der Waals surface area contributed by atoms with Gasteiger partial charge in [-0.25, -0.2) is 4.39 Å². The number of benzene rings is 1. The van der Waals surface area contributed by atoms with Gasteiger partial charge in [0.25, 0.3) is 0 Å². The van der Waals surface area contributed by atoms with Gasteiger partial charge < -0.3 is 14.9 Å². The van der Waals surface area contributed by atoms with Gasteiger partial charge in [0.2, 0.25) is 5.91 Å². The number of rotatable bonds is 8. The van der Waals surface area contributed by atoms with Crippen molar-refractivity contribution in [1.29, 1.82) is 0 Å². The number of nitrogens with one attached hydrogen (secondary N) is 1. The molecule has 1 atom stereocenters. The second-order valence-electron chi connectivity index (χ2n) is 5.78. The van der Waals surface area contributed by atoms with Crippen molar-refractivity contribution in [2.75, 3.05) is 0 Å². The number of amides is 1. The van der Waals surface area contributed by atoms with E-state index in [4.69, 9.17) is 4.52 Å². The number of carbonyl (C=O) groups excluding carboxylic acids is 1. The van der Waals surface area contributed by atoms with E-state index in [9.17, 15) is 14.3 Å². The second-order valence-corrected chi connectivity index (χ2v) is 5.78. The Morgan fingerprint density at radius 1 is 1.33 bits per heavy atom. The van der Waals surface area contributed by atoms with Gasteiger partial charge in [-0.2, -0.15) is 0 Å². The average Bonchev–Trinajstić information content (AvgIpc) is 3.03.